The van der Waals surface area contributed by atoms with Crippen LogP contribution in [0.4, 0.5) is 0 Å². The summed E-state index contributed by atoms with van der Waals surface area (Å²) >= 11 is 0. The predicted molar refractivity (Wildman–Crippen MR) is 203 cm³/mol. The van der Waals surface area contributed by atoms with Crippen LogP contribution in [0.2, 0.25) is 0 Å². The number of aliphatic hydroxyl groups is 2. The highest BCUT2D eigenvalue weighted by Gasteiger charge is 2.36. The van der Waals surface area contributed by atoms with Crippen LogP contribution in [0.1, 0.15) is 113 Å². The number of hydrogen-bond donors (Lipinski definition) is 4. The molecule has 274 valence electrons. The Kier molecular flexibility index (Phi) is 12.5. The number of aliphatic imine (C=N–C) groups is 1. The highest BCUT2D eigenvalue weighted by Crippen LogP contribution is 2.37. The lowest BCUT2D eigenvalue weighted by Crippen LogP contribution is -2.41. The maximum absolute atomic E-state index is 13.6. The number of carbonyl (C=O) groups excluding carboxylic acids is 1. The van der Waals surface area contributed by atoms with Crippen molar-refractivity contribution < 1.29 is 24.5 Å². The van der Waals surface area contributed by atoms with Gasteiger partial charge in [0.25, 0.3) is 0 Å². The van der Waals surface area contributed by atoms with E-state index in [9.17, 15) is 15.0 Å². The Morgan fingerprint density at radius 2 is 1.85 bits per heavy atom. The van der Waals surface area contributed by atoms with E-state index in [0.717, 1.165) is 78.5 Å². The molecule has 0 amide bonds. The molecule has 0 aliphatic carbocycles. The third-order valence-corrected chi connectivity index (χ3v) is 10.5. The summed E-state index contributed by atoms with van der Waals surface area (Å²) in [7, 11) is 0. The topological polar surface area (TPSA) is 144 Å². The minimum Gasteiger partial charge on any atom is -0.465 e. The van der Waals surface area contributed by atoms with Gasteiger partial charge in [-0.2, -0.15) is 0 Å². The summed E-state index contributed by atoms with van der Waals surface area (Å²) in [6.07, 6.45) is 13.2. The van der Waals surface area contributed by atoms with E-state index in [0.29, 0.717) is 55.7 Å². The second-order valence-electron chi connectivity index (χ2n) is 14.4. The Balaban J connectivity index is 1.26. The molecule has 2 aromatic rings. The Morgan fingerprint density at radius 3 is 2.63 bits per heavy atom. The van der Waals surface area contributed by atoms with Gasteiger partial charge >= 0.3 is 0 Å². The van der Waals surface area contributed by atoms with E-state index in [2.05, 4.69) is 48.8 Å². The number of ether oxygens (including phenoxy) is 2. The van der Waals surface area contributed by atoms with Crippen LogP contribution in [0, 0.1) is 35.7 Å². The molecule has 4 aliphatic heterocycles. The number of carbonyl (C=O) groups is 1. The molecule has 9 heteroatoms. The lowest BCUT2D eigenvalue weighted by Gasteiger charge is -2.32. The lowest BCUT2D eigenvalue weighted by molar-refractivity contribution is -0.126. The summed E-state index contributed by atoms with van der Waals surface area (Å²) in [5.41, 5.74) is 18.3. The fraction of sp³-hybridized carbons (Fsp3) is 0.488. The Morgan fingerprint density at radius 1 is 1.04 bits per heavy atom. The first-order valence-electron chi connectivity index (χ1n) is 19.0. The molecule has 2 bridgehead atoms. The Hall–Kier alpha value is -4.38. The van der Waals surface area contributed by atoms with E-state index in [-0.39, 0.29) is 11.7 Å². The zero-order valence-electron chi connectivity index (χ0n) is 30.4. The number of Topliss-reactive ketones (excluding diaryl/α,β-unsaturated/α-hetero) is 1. The number of nitrogens with zero attached hydrogens (tertiary/aromatic N) is 2. The van der Waals surface area contributed by atoms with E-state index in [1.165, 1.54) is 0 Å². The minimum absolute atomic E-state index is 0.114. The third-order valence-electron chi connectivity index (χ3n) is 10.5. The molecule has 4 heterocycles. The summed E-state index contributed by atoms with van der Waals surface area (Å²) in [6.45, 7) is 4.82. The second kappa shape index (κ2) is 17.4. The van der Waals surface area contributed by atoms with Gasteiger partial charge in [-0.05, 0) is 59.2 Å². The predicted octanol–water partition coefficient (Wildman–Crippen LogP) is 6.14. The molecule has 6 rings (SSSR count). The quantitative estimate of drug-likeness (QED) is 0.104. The molecule has 0 spiro atoms. The molecular formula is C43H52N4O5. The zero-order valence-corrected chi connectivity index (χ0v) is 30.4. The number of unbranched alkanes of at least 4 members (excludes halogenated alkanes) is 4. The van der Waals surface area contributed by atoms with Crippen LogP contribution < -0.4 is 20.9 Å². The van der Waals surface area contributed by atoms with E-state index in [1.54, 1.807) is 0 Å². The van der Waals surface area contributed by atoms with Gasteiger partial charge in [-0.25, -0.2) is 0 Å². The molecule has 5 unspecified atom stereocenters. The first-order chi connectivity index (χ1) is 25.2. The molecule has 9 nitrogen and oxygen atoms in total. The van der Waals surface area contributed by atoms with Gasteiger partial charge in [0.2, 0.25) is 0 Å². The van der Waals surface area contributed by atoms with Crippen molar-refractivity contribution in [1.29, 1.82) is 0 Å². The molecule has 0 saturated carbocycles. The van der Waals surface area contributed by atoms with Crippen LogP contribution in [0.15, 0.2) is 64.9 Å². The number of ketones is 1. The van der Waals surface area contributed by atoms with Gasteiger partial charge in [0.1, 0.15) is 18.0 Å². The van der Waals surface area contributed by atoms with Gasteiger partial charge < -0.3 is 36.1 Å². The standard InChI is InChI=1S/C43H52N4O5/c1-3-5-7-11-34(37(48)12-8-6-4-2)39(50)18-13-28-14-20-40-41(22-28)52-43-29(10-9-21-51-40)16-19-38(49)33-17-15-30(42(44)45)23-31(33)24-32-25-46-36-27-47(43)26-35(32)36/h14-15,17,20,22-23,25-26,29,34,37-38,42-43,48-49H,3-8,10-13,18,24,27,44-45H2,1-2H3. The molecule has 0 aromatic heterocycles. The SMILES string of the molecule is CCCCCC(O)C(CCCCC)C(=O)CCc1ccc2c(c1)OC1C(C#CC(O)c3ccc(C(N)N)cc3CC3=CN=C4CN1C=C34)CC#CO2. The van der Waals surface area contributed by atoms with Crippen molar-refractivity contribution in [1.82, 2.24) is 4.90 Å². The van der Waals surface area contributed by atoms with Crippen molar-refractivity contribution in [2.24, 2.45) is 28.3 Å². The number of nitrogens with two attached hydrogens (primary N) is 2. The van der Waals surface area contributed by atoms with E-state index < -0.39 is 30.5 Å². The monoisotopic (exact) mass is 704 g/mol. The Bertz CT molecular complexity index is 1840. The molecule has 52 heavy (non-hydrogen) atoms. The summed E-state index contributed by atoms with van der Waals surface area (Å²) < 4.78 is 12.7. The van der Waals surface area contributed by atoms with Gasteiger partial charge in [-0.3, -0.25) is 9.79 Å². The highest BCUT2D eigenvalue weighted by atomic mass is 16.5. The fourth-order valence-electron chi connectivity index (χ4n) is 7.48. The number of rotatable bonds is 14. The Labute approximate surface area is 308 Å². The van der Waals surface area contributed by atoms with Crippen LogP contribution >= 0.6 is 0 Å². The van der Waals surface area contributed by atoms with Gasteiger partial charge in [-0.1, -0.05) is 94.4 Å². The highest BCUT2D eigenvalue weighted by molar-refractivity contribution is 6.09. The molecule has 5 atom stereocenters. The van der Waals surface area contributed by atoms with E-state index >= 15 is 0 Å². The van der Waals surface area contributed by atoms with Gasteiger partial charge in [0.05, 0.1) is 30.4 Å². The molecule has 0 saturated heterocycles. The zero-order chi connectivity index (χ0) is 36.6. The van der Waals surface area contributed by atoms with Crippen molar-refractivity contribution in [3.8, 4) is 35.4 Å². The average molecular weight is 705 g/mol. The van der Waals surface area contributed by atoms with Crippen molar-refractivity contribution >= 4 is 11.5 Å². The van der Waals surface area contributed by atoms with Gasteiger partial charge in [-0.15, -0.1) is 0 Å². The van der Waals surface area contributed by atoms with Crippen LogP contribution in [0.5, 0.6) is 11.5 Å². The molecule has 6 N–H and O–H groups in total. The lowest BCUT2D eigenvalue weighted by atomic mass is 9.86. The van der Waals surface area contributed by atoms with Gasteiger partial charge in [0, 0.05) is 43.2 Å². The van der Waals surface area contributed by atoms with Gasteiger partial charge in [0.15, 0.2) is 17.7 Å². The van der Waals surface area contributed by atoms with Crippen LogP contribution in [-0.2, 0) is 17.6 Å². The van der Waals surface area contributed by atoms with E-state index in [1.807, 2.05) is 42.6 Å². The van der Waals surface area contributed by atoms with Crippen LogP contribution in [0.25, 0.3) is 0 Å². The number of fused-ring (bicyclic) bond motifs is 5. The smallest absolute Gasteiger partial charge is 0.187 e. The maximum atomic E-state index is 13.6. The van der Waals surface area contributed by atoms with Crippen molar-refractivity contribution in [2.45, 2.75) is 115 Å². The molecule has 0 radical (unpaired) electrons. The van der Waals surface area contributed by atoms with E-state index in [4.69, 9.17) is 25.9 Å². The number of benzene rings is 2. The van der Waals surface area contributed by atoms with Crippen LogP contribution in [-0.4, -0.2) is 45.5 Å². The molecule has 2 aromatic carbocycles. The summed E-state index contributed by atoms with van der Waals surface area (Å²) in [5.74, 6) is 9.88. The number of aliphatic hydroxyl groups excluding tert-OH is 2. The average Bonchev–Trinajstić information content (AvgIpc) is 3.74. The minimum atomic E-state index is -1.05. The molecular weight excluding hydrogens is 652 g/mol. The third kappa shape index (κ3) is 8.80. The number of aryl methyl sites for hydroxylation is 1. The van der Waals surface area contributed by atoms with Crippen molar-refractivity contribution in [3.05, 3.63) is 82.2 Å². The number of allylic oxidation sites excluding steroid dienone is 1. The summed E-state index contributed by atoms with van der Waals surface area (Å²) in [4.78, 5) is 20.5. The summed E-state index contributed by atoms with van der Waals surface area (Å²) in [5, 5.41) is 22.4. The number of hydrogen-bond acceptors (Lipinski definition) is 9. The molecule has 0 fully saturated rings. The van der Waals surface area contributed by atoms with Crippen molar-refractivity contribution in [3.63, 3.8) is 0 Å². The fourth-order valence-corrected chi connectivity index (χ4v) is 7.48. The normalized spacial score (nSPS) is 21.2. The first-order valence-corrected chi connectivity index (χ1v) is 19.0. The van der Waals surface area contributed by atoms with Crippen LogP contribution in [0.3, 0.4) is 0 Å². The maximum Gasteiger partial charge on any atom is 0.187 e. The second-order valence-corrected chi connectivity index (χ2v) is 14.4. The largest absolute Gasteiger partial charge is 0.465 e. The van der Waals surface area contributed by atoms with Crippen molar-refractivity contribution in [2.75, 3.05) is 6.54 Å². The first kappa shape index (κ1) is 37.4. The summed E-state index contributed by atoms with van der Waals surface area (Å²) in [6, 6.07) is 11.3. The molecule has 4 aliphatic rings.